The topological polar surface area (TPSA) is 68.5 Å². The first-order valence-corrected chi connectivity index (χ1v) is 9.34. The number of carbonyl (C=O) groups excluding carboxylic acids is 2. The molecule has 3 rings (SSSR count). The molecule has 0 saturated carbocycles. The minimum absolute atomic E-state index is 0.131. The second kappa shape index (κ2) is 9.24. The van der Waals surface area contributed by atoms with Crippen molar-refractivity contribution in [2.24, 2.45) is 0 Å². The van der Waals surface area contributed by atoms with Crippen molar-refractivity contribution < 1.29 is 18.7 Å². The zero-order chi connectivity index (χ0) is 19.9. The van der Waals surface area contributed by atoms with Crippen molar-refractivity contribution in [1.29, 1.82) is 0 Å². The summed E-state index contributed by atoms with van der Waals surface area (Å²) in [7, 11) is 0. The Hall–Kier alpha value is -3.05. The van der Waals surface area contributed by atoms with E-state index in [-0.39, 0.29) is 18.3 Å². The molecule has 0 aliphatic rings. The van der Waals surface area contributed by atoms with Crippen LogP contribution in [0.4, 0.5) is 5.69 Å². The Balaban J connectivity index is 1.52. The van der Waals surface area contributed by atoms with Crippen LogP contribution in [0.15, 0.2) is 65.1 Å². The Morgan fingerprint density at radius 1 is 1.00 bits per heavy atom. The van der Waals surface area contributed by atoms with E-state index in [1.807, 2.05) is 24.3 Å². The second-order valence-corrected chi connectivity index (χ2v) is 6.56. The molecule has 2 aromatic carbocycles. The van der Waals surface area contributed by atoms with Gasteiger partial charge >= 0.3 is 5.97 Å². The Kier molecular flexibility index (Phi) is 6.50. The van der Waals surface area contributed by atoms with E-state index in [0.717, 1.165) is 17.1 Å². The third-order valence-electron chi connectivity index (χ3n) is 4.07. The van der Waals surface area contributed by atoms with Gasteiger partial charge in [0.15, 0.2) is 0 Å². The van der Waals surface area contributed by atoms with E-state index >= 15 is 0 Å². The average Bonchev–Trinajstić information content (AvgIpc) is 3.17. The number of aryl methyl sites for hydroxylation is 1. The van der Waals surface area contributed by atoms with E-state index in [9.17, 15) is 9.59 Å². The van der Waals surface area contributed by atoms with Crippen molar-refractivity contribution >= 4 is 29.2 Å². The molecular formula is C22H20ClNO4. The highest BCUT2D eigenvalue weighted by atomic mass is 35.5. The smallest absolute Gasteiger partial charge is 0.338 e. The number of nitrogens with one attached hydrogen (secondary N) is 1. The fourth-order valence-corrected chi connectivity index (χ4v) is 2.77. The fourth-order valence-electron chi connectivity index (χ4n) is 2.65. The van der Waals surface area contributed by atoms with Gasteiger partial charge in [0.1, 0.15) is 11.5 Å². The molecule has 1 aromatic heterocycles. The summed E-state index contributed by atoms with van der Waals surface area (Å²) in [6, 6.07) is 17.7. The molecule has 0 aliphatic carbocycles. The van der Waals surface area contributed by atoms with Gasteiger partial charge < -0.3 is 14.5 Å². The number of hydrogen-bond donors (Lipinski definition) is 1. The first kappa shape index (κ1) is 19.7. The number of furan rings is 1. The predicted octanol–water partition coefficient (Wildman–Crippen LogP) is 5.35. The number of hydrogen-bond acceptors (Lipinski definition) is 4. The summed E-state index contributed by atoms with van der Waals surface area (Å²) in [5, 5.41) is 3.48. The summed E-state index contributed by atoms with van der Waals surface area (Å²) < 4.78 is 10.7. The van der Waals surface area contributed by atoms with Crippen LogP contribution in [0.25, 0.3) is 11.3 Å². The number of anilines is 1. The van der Waals surface area contributed by atoms with Gasteiger partial charge in [-0.1, -0.05) is 11.6 Å². The summed E-state index contributed by atoms with van der Waals surface area (Å²) in [4.78, 5) is 23.8. The van der Waals surface area contributed by atoms with Gasteiger partial charge in [0, 0.05) is 29.1 Å². The predicted molar refractivity (Wildman–Crippen MR) is 109 cm³/mol. The lowest BCUT2D eigenvalue weighted by atomic mass is 10.2. The maximum Gasteiger partial charge on any atom is 0.338 e. The standard InChI is InChI=1S/C22H20ClNO4/c1-2-27-22(26)16-5-9-18(10-6-16)24-21(25)14-12-19-11-13-20(28-19)15-3-7-17(23)8-4-15/h3-11,13H,2,12,14H2,1H3,(H,24,25). The van der Waals surface area contributed by atoms with Crippen molar-refractivity contribution in [3.8, 4) is 11.3 Å². The van der Waals surface area contributed by atoms with Crippen molar-refractivity contribution in [2.45, 2.75) is 19.8 Å². The van der Waals surface area contributed by atoms with E-state index < -0.39 is 0 Å². The van der Waals surface area contributed by atoms with E-state index in [1.54, 1.807) is 43.3 Å². The van der Waals surface area contributed by atoms with Crippen LogP contribution in [0, 0.1) is 0 Å². The Morgan fingerprint density at radius 2 is 1.71 bits per heavy atom. The molecule has 0 bridgehead atoms. The zero-order valence-electron chi connectivity index (χ0n) is 15.4. The third kappa shape index (κ3) is 5.24. The fraction of sp³-hybridized carbons (Fsp3) is 0.182. The molecule has 1 N–H and O–H groups in total. The first-order chi connectivity index (χ1) is 13.5. The number of carbonyl (C=O) groups is 2. The van der Waals surface area contributed by atoms with Gasteiger partial charge in [-0.2, -0.15) is 0 Å². The van der Waals surface area contributed by atoms with Crippen LogP contribution in [0.2, 0.25) is 5.02 Å². The van der Waals surface area contributed by atoms with Crippen LogP contribution < -0.4 is 5.32 Å². The molecular weight excluding hydrogens is 378 g/mol. The van der Waals surface area contributed by atoms with Gasteiger partial charge in [0.05, 0.1) is 12.2 Å². The van der Waals surface area contributed by atoms with Crippen LogP contribution >= 0.6 is 11.6 Å². The average molecular weight is 398 g/mol. The van der Waals surface area contributed by atoms with Crippen LogP contribution in [0.1, 0.15) is 29.5 Å². The largest absolute Gasteiger partial charge is 0.462 e. The van der Waals surface area contributed by atoms with Gasteiger partial charge in [-0.15, -0.1) is 0 Å². The molecule has 1 amide bonds. The van der Waals surface area contributed by atoms with Gasteiger partial charge in [0.25, 0.3) is 0 Å². The molecule has 1 heterocycles. The van der Waals surface area contributed by atoms with Gasteiger partial charge in [-0.25, -0.2) is 4.79 Å². The number of esters is 1. The quantitative estimate of drug-likeness (QED) is 0.546. The summed E-state index contributed by atoms with van der Waals surface area (Å²) >= 11 is 5.90. The number of rotatable bonds is 7. The summed E-state index contributed by atoms with van der Waals surface area (Å²) in [5.41, 5.74) is 2.01. The van der Waals surface area contributed by atoms with Gasteiger partial charge in [-0.05, 0) is 67.6 Å². The molecule has 0 aliphatic heterocycles. The third-order valence-corrected chi connectivity index (χ3v) is 4.32. The van der Waals surface area contributed by atoms with Gasteiger partial charge in [0.2, 0.25) is 5.91 Å². The molecule has 3 aromatic rings. The molecule has 28 heavy (non-hydrogen) atoms. The molecule has 5 nitrogen and oxygen atoms in total. The highest BCUT2D eigenvalue weighted by Crippen LogP contribution is 2.24. The minimum Gasteiger partial charge on any atom is -0.462 e. The van der Waals surface area contributed by atoms with E-state index in [4.69, 9.17) is 20.8 Å². The maximum absolute atomic E-state index is 12.2. The van der Waals surface area contributed by atoms with E-state index in [0.29, 0.717) is 29.3 Å². The van der Waals surface area contributed by atoms with Crippen LogP contribution in [-0.2, 0) is 16.0 Å². The van der Waals surface area contributed by atoms with Crippen LogP contribution in [-0.4, -0.2) is 18.5 Å². The normalized spacial score (nSPS) is 10.5. The SMILES string of the molecule is CCOC(=O)c1ccc(NC(=O)CCc2ccc(-c3ccc(Cl)cc3)o2)cc1. The maximum atomic E-state index is 12.2. The summed E-state index contributed by atoms with van der Waals surface area (Å²) in [5.74, 6) is 0.961. The highest BCUT2D eigenvalue weighted by molar-refractivity contribution is 6.30. The summed E-state index contributed by atoms with van der Waals surface area (Å²) in [6.07, 6.45) is 0.771. The molecule has 6 heteroatoms. The van der Waals surface area contributed by atoms with Crippen molar-refractivity contribution in [3.05, 3.63) is 77.0 Å². The zero-order valence-corrected chi connectivity index (χ0v) is 16.2. The molecule has 0 fully saturated rings. The Labute approximate surface area is 168 Å². The lowest BCUT2D eigenvalue weighted by molar-refractivity contribution is -0.116. The lowest BCUT2D eigenvalue weighted by Crippen LogP contribution is -2.12. The lowest BCUT2D eigenvalue weighted by Gasteiger charge is -2.06. The van der Waals surface area contributed by atoms with Crippen molar-refractivity contribution in [3.63, 3.8) is 0 Å². The molecule has 0 saturated heterocycles. The molecule has 144 valence electrons. The van der Waals surface area contributed by atoms with E-state index in [1.165, 1.54) is 0 Å². The number of halogens is 1. The molecule has 0 atom stereocenters. The van der Waals surface area contributed by atoms with Crippen molar-refractivity contribution in [1.82, 2.24) is 0 Å². The molecule has 0 spiro atoms. The Morgan fingerprint density at radius 3 is 2.39 bits per heavy atom. The highest BCUT2D eigenvalue weighted by Gasteiger charge is 2.09. The summed E-state index contributed by atoms with van der Waals surface area (Å²) in [6.45, 7) is 2.08. The van der Waals surface area contributed by atoms with Gasteiger partial charge in [-0.3, -0.25) is 4.79 Å². The monoisotopic (exact) mass is 397 g/mol. The first-order valence-electron chi connectivity index (χ1n) is 8.97. The number of ether oxygens (including phenoxy) is 1. The number of amides is 1. The second-order valence-electron chi connectivity index (χ2n) is 6.12. The van der Waals surface area contributed by atoms with Crippen LogP contribution in [0.5, 0.6) is 0 Å². The Bertz CT molecular complexity index is 945. The number of benzene rings is 2. The van der Waals surface area contributed by atoms with Crippen molar-refractivity contribution in [2.75, 3.05) is 11.9 Å². The van der Waals surface area contributed by atoms with Crippen LogP contribution in [0.3, 0.4) is 0 Å². The molecule has 0 radical (unpaired) electrons. The molecule has 0 unspecified atom stereocenters. The van der Waals surface area contributed by atoms with E-state index in [2.05, 4.69) is 5.32 Å². The minimum atomic E-state index is -0.380.